The number of carbonyl (C=O) groups excluding carboxylic acids is 1. The second-order valence-electron chi connectivity index (χ2n) is 7.13. The summed E-state index contributed by atoms with van der Waals surface area (Å²) < 4.78 is 3.24. The first kappa shape index (κ1) is 19.9. The van der Waals surface area contributed by atoms with Gasteiger partial charge in [-0.1, -0.05) is 25.1 Å². The average molecular weight is 446 g/mol. The van der Waals surface area contributed by atoms with Crippen LogP contribution in [0, 0.1) is 0 Å². The number of aryl methyl sites for hydroxylation is 1. The molecule has 0 aliphatic heterocycles. The van der Waals surface area contributed by atoms with Crippen molar-refractivity contribution in [1.29, 1.82) is 0 Å². The number of aromatic amines is 1. The maximum Gasteiger partial charge on any atom is 0.252 e. The van der Waals surface area contributed by atoms with E-state index >= 15 is 0 Å². The second-order valence-corrected chi connectivity index (χ2v) is 8.07. The van der Waals surface area contributed by atoms with Gasteiger partial charge in [-0.2, -0.15) is 9.78 Å². The smallest absolute Gasteiger partial charge is 0.252 e. The minimum Gasteiger partial charge on any atom is -0.321 e. The lowest BCUT2D eigenvalue weighted by molar-refractivity contribution is -0.116. The topological polar surface area (TPSA) is 110 Å². The van der Waals surface area contributed by atoms with Gasteiger partial charge in [0.15, 0.2) is 0 Å². The number of H-pyrrole nitrogens is 1. The zero-order chi connectivity index (χ0) is 22.1. The highest BCUT2D eigenvalue weighted by Crippen LogP contribution is 2.27. The predicted octanol–water partition coefficient (Wildman–Crippen LogP) is 3.23. The summed E-state index contributed by atoms with van der Waals surface area (Å²) in [5, 5.41) is 9.46. The summed E-state index contributed by atoms with van der Waals surface area (Å²) >= 11 is 1.53. The first-order valence-electron chi connectivity index (χ1n) is 10.0. The van der Waals surface area contributed by atoms with Crippen LogP contribution < -0.4 is 10.9 Å². The highest BCUT2D eigenvalue weighted by molar-refractivity contribution is 7.13. The molecule has 2 N–H and O–H groups in total. The van der Waals surface area contributed by atoms with Crippen molar-refractivity contribution in [3.05, 3.63) is 76.3 Å². The number of nitrogens with zero attached hydrogens (tertiary/aromatic N) is 5. The molecule has 0 saturated carbocycles. The van der Waals surface area contributed by atoms with Gasteiger partial charge in [-0.3, -0.25) is 14.6 Å². The Hall–Kier alpha value is -4.05. The van der Waals surface area contributed by atoms with Crippen LogP contribution in [0.3, 0.4) is 0 Å². The summed E-state index contributed by atoms with van der Waals surface area (Å²) in [6.45, 7) is 2.00. The molecule has 160 valence electrons. The molecule has 0 atom stereocenters. The standard InChI is InChI=1S/C22H19N7O2S/c1-2-14-10-20(30)26-22(24-14)29-19(11-16(27-29)18-8-5-9-32-18)25-21(31)12-28-13-23-15-6-3-4-7-17(15)28/h3-11,13H,2,12H2,1H3,(H,25,31)(H,24,26,30). The summed E-state index contributed by atoms with van der Waals surface area (Å²) in [7, 11) is 0. The zero-order valence-electron chi connectivity index (χ0n) is 17.1. The number of fused-ring (bicyclic) bond motifs is 1. The lowest BCUT2D eigenvalue weighted by Crippen LogP contribution is -2.22. The summed E-state index contributed by atoms with van der Waals surface area (Å²) in [5.41, 5.74) is 2.73. The number of aromatic nitrogens is 6. The highest BCUT2D eigenvalue weighted by Gasteiger charge is 2.17. The fourth-order valence-electron chi connectivity index (χ4n) is 3.42. The van der Waals surface area contributed by atoms with Crippen molar-refractivity contribution < 1.29 is 4.79 Å². The molecule has 9 nitrogen and oxygen atoms in total. The number of amides is 1. The predicted molar refractivity (Wildman–Crippen MR) is 123 cm³/mol. The van der Waals surface area contributed by atoms with Crippen molar-refractivity contribution in [2.75, 3.05) is 5.32 Å². The molecule has 4 aromatic heterocycles. The third-order valence-electron chi connectivity index (χ3n) is 4.94. The number of hydrogen-bond donors (Lipinski definition) is 2. The van der Waals surface area contributed by atoms with Gasteiger partial charge in [-0.25, -0.2) is 9.97 Å². The number of benzene rings is 1. The number of rotatable bonds is 6. The molecule has 0 aliphatic carbocycles. The first-order chi connectivity index (χ1) is 15.6. The van der Waals surface area contributed by atoms with E-state index in [1.165, 1.54) is 22.1 Å². The van der Waals surface area contributed by atoms with Gasteiger partial charge in [-0.05, 0) is 30.0 Å². The highest BCUT2D eigenvalue weighted by atomic mass is 32.1. The van der Waals surface area contributed by atoms with Crippen molar-refractivity contribution in [2.24, 2.45) is 0 Å². The molecule has 0 fully saturated rings. The molecular weight excluding hydrogens is 426 g/mol. The van der Waals surface area contributed by atoms with Crippen LogP contribution in [0.4, 0.5) is 5.82 Å². The van der Waals surface area contributed by atoms with E-state index in [0.717, 1.165) is 15.9 Å². The Labute approximate surface area is 186 Å². The summed E-state index contributed by atoms with van der Waals surface area (Å²) in [5.74, 6) is 0.417. The van der Waals surface area contributed by atoms with Gasteiger partial charge in [0.2, 0.25) is 11.9 Å². The van der Waals surface area contributed by atoms with Crippen LogP contribution in [-0.2, 0) is 17.8 Å². The van der Waals surface area contributed by atoms with Crippen LogP contribution >= 0.6 is 11.3 Å². The van der Waals surface area contributed by atoms with Crippen molar-refractivity contribution in [3.63, 3.8) is 0 Å². The summed E-state index contributed by atoms with van der Waals surface area (Å²) in [6.07, 6.45) is 2.24. The fraction of sp³-hybridized carbons (Fsp3) is 0.136. The lowest BCUT2D eigenvalue weighted by atomic mass is 10.3. The van der Waals surface area contributed by atoms with E-state index in [9.17, 15) is 9.59 Å². The molecule has 4 heterocycles. The van der Waals surface area contributed by atoms with Gasteiger partial charge < -0.3 is 9.88 Å². The van der Waals surface area contributed by atoms with Gasteiger partial charge in [-0.15, -0.1) is 11.3 Å². The van der Waals surface area contributed by atoms with Crippen LogP contribution in [0.15, 0.2) is 65.0 Å². The maximum atomic E-state index is 12.9. The van der Waals surface area contributed by atoms with E-state index in [1.54, 1.807) is 17.0 Å². The number of imidazole rings is 1. The van der Waals surface area contributed by atoms with Crippen LogP contribution in [0.1, 0.15) is 12.6 Å². The molecule has 0 saturated heterocycles. The Morgan fingerprint density at radius 1 is 1.19 bits per heavy atom. The van der Waals surface area contributed by atoms with Crippen molar-refractivity contribution in [3.8, 4) is 16.5 Å². The molecular formula is C22H19N7O2S. The van der Waals surface area contributed by atoms with Gasteiger partial charge in [0.25, 0.3) is 5.56 Å². The van der Waals surface area contributed by atoms with Crippen LogP contribution in [-0.4, -0.2) is 35.2 Å². The van der Waals surface area contributed by atoms with Gasteiger partial charge in [0, 0.05) is 17.8 Å². The molecule has 0 unspecified atom stereocenters. The molecule has 0 radical (unpaired) electrons. The molecule has 32 heavy (non-hydrogen) atoms. The molecule has 10 heteroatoms. The van der Waals surface area contributed by atoms with Crippen molar-refractivity contribution >= 4 is 34.1 Å². The Kier molecular flexibility index (Phi) is 5.12. The fourth-order valence-corrected chi connectivity index (χ4v) is 4.11. The number of thiophene rings is 1. The molecule has 0 spiro atoms. The number of anilines is 1. The van der Waals surface area contributed by atoms with E-state index in [4.69, 9.17) is 0 Å². The number of para-hydroxylation sites is 2. The monoisotopic (exact) mass is 445 g/mol. The number of carbonyl (C=O) groups is 1. The van der Waals surface area contributed by atoms with Gasteiger partial charge in [0.1, 0.15) is 18.1 Å². The number of nitrogens with one attached hydrogen (secondary N) is 2. The third kappa shape index (κ3) is 3.83. The van der Waals surface area contributed by atoms with Gasteiger partial charge in [0.05, 0.1) is 22.2 Å². The number of hydrogen-bond acceptors (Lipinski definition) is 6. The Morgan fingerprint density at radius 2 is 2.06 bits per heavy atom. The van der Waals surface area contributed by atoms with Gasteiger partial charge >= 0.3 is 0 Å². The van der Waals surface area contributed by atoms with Crippen molar-refractivity contribution in [1.82, 2.24) is 29.3 Å². The van der Waals surface area contributed by atoms with E-state index in [1.807, 2.05) is 48.7 Å². The second kappa shape index (κ2) is 8.23. The van der Waals surface area contributed by atoms with Crippen LogP contribution in [0.2, 0.25) is 0 Å². The average Bonchev–Trinajstić information content (AvgIpc) is 3.53. The van der Waals surface area contributed by atoms with E-state index in [0.29, 0.717) is 23.6 Å². The van der Waals surface area contributed by atoms with E-state index in [-0.39, 0.29) is 24.0 Å². The maximum absolute atomic E-state index is 12.9. The van der Waals surface area contributed by atoms with Crippen LogP contribution in [0.5, 0.6) is 0 Å². The Balaban J connectivity index is 1.50. The molecule has 1 amide bonds. The quantitative estimate of drug-likeness (QED) is 0.417. The SMILES string of the molecule is CCc1cc(=O)[nH]c(-n2nc(-c3cccs3)cc2NC(=O)Cn2cnc3ccccc32)n1. The molecule has 1 aromatic carbocycles. The first-order valence-corrected chi connectivity index (χ1v) is 10.9. The van der Waals surface area contributed by atoms with E-state index in [2.05, 4.69) is 25.4 Å². The molecule has 5 aromatic rings. The zero-order valence-corrected chi connectivity index (χ0v) is 18.0. The Morgan fingerprint density at radius 3 is 2.88 bits per heavy atom. The largest absolute Gasteiger partial charge is 0.321 e. The molecule has 0 aliphatic rings. The van der Waals surface area contributed by atoms with E-state index < -0.39 is 0 Å². The summed E-state index contributed by atoms with van der Waals surface area (Å²) in [6, 6.07) is 14.7. The minimum atomic E-state index is -0.276. The third-order valence-corrected chi connectivity index (χ3v) is 5.83. The minimum absolute atomic E-state index is 0.0823. The molecule has 0 bridgehead atoms. The molecule has 5 rings (SSSR count). The normalized spacial score (nSPS) is 11.2. The summed E-state index contributed by atoms with van der Waals surface area (Å²) in [4.78, 5) is 37.5. The Bertz CT molecular complexity index is 1460. The lowest BCUT2D eigenvalue weighted by Gasteiger charge is -2.09. The van der Waals surface area contributed by atoms with Crippen molar-refractivity contribution in [2.45, 2.75) is 19.9 Å². The van der Waals surface area contributed by atoms with Crippen LogP contribution in [0.25, 0.3) is 27.6 Å².